The molecule has 0 aliphatic carbocycles. The van der Waals surface area contributed by atoms with Gasteiger partial charge in [-0.05, 0) is 56.2 Å². The van der Waals surface area contributed by atoms with Gasteiger partial charge >= 0.3 is 11.9 Å². The number of ketones is 1. The molecule has 2 unspecified atom stereocenters. The van der Waals surface area contributed by atoms with Crippen molar-refractivity contribution in [3.8, 4) is 5.75 Å². The lowest BCUT2D eigenvalue weighted by Crippen LogP contribution is -2.45. The molecule has 0 radical (unpaired) electrons. The van der Waals surface area contributed by atoms with Crippen LogP contribution in [-0.2, 0) is 23.9 Å². The number of fused-ring (bicyclic) bond motifs is 1. The van der Waals surface area contributed by atoms with Gasteiger partial charge in [-0.3, -0.25) is 9.59 Å². The fourth-order valence-electron chi connectivity index (χ4n) is 2.95. The molecule has 2 aromatic carbocycles. The first kappa shape index (κ1) is 24.4. The van der Waals surface area contributed by atoms with Crippen molar-refractivity contribution in [1.82, 2.24) is 0 Å². The largest absolute Gasteiger partial charge is 0.497 e. The third kappa shape index (κ3) is 6.29. The SMILES string of the molecule is COc1ccc2cc(C(C)C(=O)OC(C(=O)OC(C)(C)C)C(=O)C(C)(C)C)ccc2c1. The first-order valence-corrected chi connectivity index (χ1v) is 10.3. The number of benzene rings is 2. The molecule has 0 saturated heterocycles. The van der Waals surface area contributed by atoms with Crippen LogP contribution in [0.15, 0.2) is 36.4 Å². The lowest BCUT2D eigenvalue weighted by atomic mass is 9.87. The topological polar surface area (TPSA) is 78.9 Å². The molecule has 168 valence electrons. The maximum Gasteiger partial charge on any atom is 0.355 e. The number of ether oxygens (including phenoxy) is 3. The van der Waals surface area contributed by atoms with Crippen LogP contribution < -0.4 is 4.74 Å². The lowest BCUT2D eigenvalue weighted by Gasteiger charge is -2.27. The van der Waals surface area contributed by atoms with Crippen LogP contribution in [0.25, 0.3) is 10.8 Å². The monoisotopic (exact) mass is 428 g/mol. The van der Waals surface area contributed by atoms with E-state index in [1.165, 1.54) is 0 Å². The Labute approximate surface area is 183 Å². The third-order valence-electron chi connectivity index (χ3n) is 4.76. The summed E-state index contributed by atoms with van der Waals surface area (Å²) in [5, 5.41) is 1.91. The Balaban J connectivity index is 2.28. The summed E-state index contributed by atoms with van der Waals surface area (Å²) in [5.74, 6) is -1.97. The minimum Gasteiger partial charge on any atom is -0.497 e. The molecular weight excluding hydrogens is 396 g/mol. The van der Waals surface area contributed by atoms with E-state index in [0.717, 1.165) is 16.5 Å². The smallest absolute Gasteiger partial charge is 0.355 e. The molecule has 0 fully saturated rings. The zero-order valence-electron chi connectivity index (χ0n) is 19.6. The van der Waals surface area contributed by atoms with Gasteiger partial charge in [-0.1, -0.05) is 45.0 Å². The standard InChI is InChI=1S/C25H32O6/c1-15(16-9-10-18-14-19(29-8)12-11-17(18)13-16)22(27)30-20(21(26)24(2,3)4)23(28)31-25(5,6)7/h9-15,20H,1-8H3. The van der Waals surface area contributed by atoms with E-state index in [1.807, 2.05) is 36.4 Å². The van der Waals surface area contributed by atoms with Gasteiger partial charge in [0.15, 0.2) is 5.78 Å². The zero-order valence-corrected chi connectivity index (χ0v) is 19.6. The van der Waals surface area contributed by atoms with Gasteiger partial charge in [0.25, 0.3) is 6.10 Å². The number of hydrogen-bond donors (Lipinski definition) is 0. The van der Waals surface area contributed by atoms with Crippen molar-refractivity contribution >= 4 is 28.5 Å². The summed E-state index contributed by atoms with van der Waals surface area (Å²) in [7, 11) is 1.60. The summed E-state index contributed by atoms with van der Waals surface area (Å²) in [5.41, 5.74) is -0.980. The molecule has 0 N–H and O–H groups in total. The summed E-state index contributed by atoms with van der Waals surface area (Å²) in [6, 6.07) is 11.2. The molecule has 0 heterocycles. The van der Waals surface area contributed by atoms with Crippen molar-refractivity contribution in [1.29, 1.82) is 0 Å². The van der Waals surface area contributed by atoms with Crippen LogP contribution in [0.2, 0.25) is 0 Å². The van der Waals surface area contributed by atoms with Gasteiger partial charge in [0.05, 0.1) is 13.0 Å². The van der Waals surface area contributed by atoms with Crippen molar-refractivity contribution in [2.45, 2.75) is 66.1 Å². The van der Waals surface area contributed by atoms with Crippen LogP contribution in [0, 0.1) is 5.41 Å². The Morgan fingerprint density at radius 3 is 1.97 bits per heavy atom. The molecule has 0 aliphatic rings. The van der Waals surface area contributed by atoms with Gasteiger partial charge in [-0.2, -0.15) is 0 Å². The van der Waals surface area contributed by atoms with Crippen LogP contribution in [0.5, 0.6) is 5.75 Å². The molecule has 31 heavy (non-hydrogen) atoms. The Hall–Kier alpha value is -2.89. The second-order valence-electron chi connectivity index (χ2n) is 9.66. The highest BCUT2D eigenvalue weighted by molar-refractivity contribution is 6.06. The summed E-state index contributed by atoms with van der Waals surface area (Å²) in [6.45, 7) is 11.8. The molecule has 6 nitrogen and oxygen atoms in total. The minimum absolute atomic E-state index is 0.507. The Kier molecular flexibility index (Phi) is 7.14. The van der Waals surface area contributed by atoms with Crippen molar-refractivity contribution < 1.29 is 28.6 Å². The molecule has 0 amide bonds. The predicted octanol–water partition coefficient (Wildman–Crippen LogP) is 4.82. The highest BCUT2D eigenvalue weighted by Crippen LogP contribution is 2.27. The molecule has 2 rings (SSSR count). The van der Waals surface area contributed by atoms with Crippen molar-refractivity contribution in [2.75, 3.05) is 7.11 Å². The van der Waals surface area contributed by atoms with Crippen LogP contribution in [0.4, 0.5) is 0 Å². The van der Waals surface area contributed by atoms with Gasteiger partial charge in [-0.25, -0.2) is 4.79 Å². The maximum atomic E-state index is 12.9. The molecule has 0 spiro atoms. The number of Topliss-reactive ketones (excluding diaryl/α,β-unsaturated/α-hetero) is 1. The van der Waals surface area contributed by atoms with Crippen LogP contribution in [-0.4, -0.2) is 36.5 Å². The van der Waals surface area contributed by atoms with E-state index in [0.29, 0.717) is 5.56 Å². The normalized spacial score (nSPS) is 13.9. The maximum absolute atomic E-state index is 12.9. The van der Waals surface area contributed by atoms with E-state index >= 15 is 0 Å². The molecule has 0 saturated carbocycles. The third-order valence-corrected chi connectivity index (χ3v) is 4.76. The van der Waals surface area contributed by atoms with E-state index in [4.69, 9.17) is 14.2 Å². The first-order valence-electron chi connectivity index (χ1n) is 10.3. The van der Waals surface area contributed by atoms with Crippen molar-refractivity contribution in [3.05, 3.63) is 42.0 Å². The number of hydrogen-bond acceptors (Lipinski definition) is 6. The van der Waals surface area contributed by atoms with E-state index in [-0.39, 0.29) is 0 Å². The second-order valence-corrected chi connectivity index (χ2v) is 9.66. The first-order chi connectivity index (χ1) is 14.2. The minimum atomic E-state index is -1.61. The zero-order chi connectivity index (χ0) is 23.6. The van der Waals surface area contributed by atoms with Gasteiger partial charge in [0, 0.05) is 5.41 Å². The van der Waals surface area contributed by atoms with E-state index in [2.05, 4.69) is 0 Å². The average Bonchev–Trinajstić information content (AvgIpc) is 2.67. The predicted molar refractivity (Wildman–Crippen MR) is 119 cm³/mol. The fourth-order valence-corrected chi connectivity index (χ4v) is 2.95. The highest BCUT2D eigenvalue weighted by atomic mass is 16.6. The summed E-state index contributed by atoms with van der Waals surface area (Å²) < 4.78 is 16.0. The molecule has 2 aromatic rings. The second kappa shape index (κ2) is 9.08. The van der Waals surface area contributed by atoms with E-state index < -0.39 is 40.8 Å². The molecular formula is C25H32O6. The number of esters is 2. The van der Waals surface area contributed by atoms with Gasteiger partial charge in [0.1, 0.15) is 11.4 Å². The van der Waals surface area contributed by atoms with Crippen molar-refractivity contribution in [2.24, 2.45) is 5.41 Å². The number of carbonyl (C=O) groups is 3. The summed E-state index contributed by atoms with van der Waals surface area (Å²) >= 11 is 0. The Morgan fingerprint density at radius 1 is 0.839 bits per heavy atom. The van der Waals surface area contributed by atoms with Gasteiger partial charge in [-0.15, -0.1) is 0 Å². The van der Waals surface area contributed by atoms with Gasteiger partial charge in [0.2, 0.25) is 0 Å². The highest BCUT2D eigenvalue weighted by Gasteiger charge is 2.41. The fraction of sp³-hybridized carbons (Fsp3) is 0.480. The average molecular weight is 429 g/mol. The van der Waals surface area contributed by atoms with Crippen LogP contribution in [0.1, 0.15) is 59.9 Å². The van der Waals surface area contributed by atoms with Crippen molar-refractivity contribution in [3.63, 3.8) is 0 Å². The Bertz CT molecular complexity index is 978. The van der Waals surface area contributed by atoms with E-state index in [9.17, 15) is 14.4 Å². The number of methoxy groups -OCH3 is 1. The molecule has 2 atom stereocenters. The van der Waals surface area contributed by atoms with Crippen LogP contribution in [0.3, 0.4) is 0 Å². The molecule has 0 aliphatic heterocycles. The Morgan fingerprint density at radius 2 is 1.42 bits per heavy atom. The molecule has 0 bridgehead atoms. The molecule has 0 aromatic heterocycles. The summed E-state index contributed by atoms with van der Waals surface area (Å²) in [4.78, 5) is 38.4. The number of carbonyl (C=O) groups excluding carboxylic acids is 3. The number of rotatable bonds is 6. The molecule has 6 heteroatoms. The van der Waals surface area contributed by atoms with Crippen LogP contribution >= 0.6 is 0 Å². The van der Waals surface area contributed by atoms with Gasteiger partial charge < -0.3 is 14.2 Å². The quantitative estimate of drug-likeness (QED) is 0.485. The lowest BCUT2D eigenvalue weighted by molar-refractivity contribution is -0.180. The van der Waals surface area contributed by atoms with E-state index in [1.54, 1.807) is 55.6 Å². The summed E-state index contributed by atoms with van der Waals surface area (Å²) in [6.07, 6.45) is -1.61.